The van der Waals surface area contributed by atoms with Gasteiger partial charge in [-0.15, -0.1) is 0 Å². The number of nitrogens with zero attached hydrogens (tertiary/aromatic N) is 1. The van der Waals surface area contributed by atoms with Crippen molar-refractivity contribution < 1.29 is 24.2 Å². The summed E-state index contributed by atoms with van der Waals surface area (Å²) in [6, 6.07) is 5.05. The maximum absolute atomic E-state index is 13.9. The SMILES string of the molecule is CNC(=O)[C@H]1[C@H]2C(=O)N(CCCCCCO)C(C(=O)Nc3c(C)cccc3C)C23CC[C@]1(C)O3. The molecule has 1 aromatic carbocycles. The van der Waals surface area contributed by atoms with Gasteiger partial charge in [-0.05, 0) is 57.6 Å². The van der Waals surface area contributed by atoms with Crippen LogP contribution in [0.4, 0.5) is 5.69 Å². The van der Waals surface area contributed by atoms with E-state index in [1.54, 1.807) is 11.9 Å². The van der Waals surface area contributed by atoms with E-state index in [1.165, 1.54) is 0 Å². The summed E-state index contributed by atoms with van der Waals surface area (Å²) in [6.07, 6.45) is 4.36. The Bertz CT molecular complexity index is 961. The summed E-state index contributed by atoms with van der Waals surface area (Å²) in [7, 11) is 1.58. The highest BCUT2D eigenvalue weighted by atomic mass is 16.5. The minimum atomic E-state index is -1.01. The normalized spacial score (nSPS) is 31.6. The Balaban J connectivity index is 1.68. The Morgan fingerprint density at radius 3 is 2.44 bits per heavy atom. The van der Waals surface area contributed by atoms with Gasteiger partial charge in [0.15, 0.2) is 0 Å². The van der Waals surface area contributed by atoms with Gasteiger partial charge in [0, 0.05) is 25.9 Å². The van der Waals surface area contributed by atoms with Crippen molar-refractivity contribution in [1.82, 2.24) is 10.2 Å². The zero-order valence-electron chi connectivity index (χ0n) is 20.6. The number of fused-ring (bicyclic) bond motifs is 1. The van der Waals surface area contributed by atoms with Crippen molar-refractivity contribution in [2.75, 3.05) is 25.5 Å². The zero-order valence-corrected chi connectivity index (χ0v) is 20.6. The van der Waals surface area contributed by atoms with Crippen LogP contribution in [-0.4, -0.2) is 65.2 Å². The molecule has 3 amide bonds. The largest absolute Gasteiger partial charge is 0.396 e. The van der Waals surface area contributed by atoms with E-state index < -0.39 is 29.1 Å². The average molecular weight is 472 g/mol. The lowest BCUT2D eigenvalue weighted by Crippen LogP contribution is -2.53. The highest BCUT2D eigenvalue weighted by Gasteiger charge is 2.77. The van der Waals surface area contributed by atoms with E-state index in [0.29, 0.717) is 19.4 Å². The first-order valence-electron chi connectivity index (χ1n) is 12.4. The third-order valence-corrected chi connectivity index (χ3v) is 8.09. The highest BCUT2D eigenvalue weighted by molar-refractivity contribution is 6.04. The molecule has 3 N–H and O–H groups in total. The molecule has 8 heteroatoms. The van der Waals surface area contributed by atoms with Gasteiger partial charge in [-0.1, -0.05) is 31.0 Å². The third kappa shape index (κ3) is 3.81. The molecule has 8 nitrogen and oxygen atoms in total. The predicted octanol–water partition coefficient (Wildman–Crippen LogP) is 2.31. The lowest BCUT2D eigenvalue weighted by atomic mass is 9.66. The topological polar surface area (TPSA) is 108 Å². The summed E-state index contributed by atoms with van der Waals surface area (Å²) in [5.74, 6) is -1.92. The number of amides is 3. The lowest BCUT2D eigenvalue weighted by molar-refractivity contribution is -0.144. The average Bonchev–Trinajstić information content (AvgIpc) is 3.36. The van der Waals surface area contributed by atoms with Crippen molar-refractivity contribution in [3.05, 3.63) is 29.3 Å². The van der Waals surface area contributed by atoms with Crippen LogP contribution in [0.1, 0.15) is 56.6 Å². The number of hydrogen-bond acceptors (Lipinski definition) is 5. The fourth-order valence-electron chi connectivity index (χ4n) is 6.47. The lowest BCUT2D eigenvalue weighted by Gasteiger charge is -2.33. The number of unbranched alkanes of at least 4 members (excludes halogenated alkanes) is 3. The maximum atomic E-state index is 13.9. The van der Waals surface area contributed by atoms with Crippen LogP contribution < -0.4 is 10.6 Å². The summed E-state index contributed by atoms with van der Waals surface area (Å²) in [6.45, 7) is 6.36. The van der Waals surface area contributed by atoms with Crippen LogP contribution in [-0.2, 0) is 19.1 Å². The van der Waals surface area contributed by atoms with Gasteiger partial charge in [0.25, 0.3) is 0 Å². The summed E-state index contributed by atoms with van der Waals surface area (Å²) < 4.78 is 6.57. The predicted molar refractivity (Wildman–Crippen MR) is 128 cm³/mol. The molecule has 4 rings (SSSR count). The van der Waals surface area contributed by atoms with Gasteiger partial charge >= 0.3 is 0 Å². The Morgan fingerprint density at radius 2 is 1.79 bits per heavy atom. The van der Waals surface area contributed by atoms with E-state index in [0.717, 1.165) is 42.5 Å². The van der Waals surface area contributed by atoms with Crippen molar-refractivity contribution in [1.29, 1.82) is 0 Å². The first kappa shape index (κ1) is 24.7. The first-order valence-corrected chi connectivity index (χ1v) is 12.4. The van der Waals surface area contributed by atoms with E-state index in [9.17, 15) is 14.4 Å². The minimum absolute atomic E-state index is 0.148. The van der Waals surface area contributed by atoms with Crippen LogP contribution in [0, 0.1) is 25.7 Å². The van der Waals surface area contributed by atoms with Crippen LogP contribution in [0.3, 0.4) is 0 Å². The quantitative estimate of drug-likeness (QED) is 0.479. The van der Waals surface area contributed by atoms with Crippen molar-refractivity contribution in [2.45, 2.75) is 76.5 Å². The number of ether oxygens (including phenoxy) is 1. The number of rotatable bonds is 9. The molecule has 0 radical (unpaired) electrons. The number of benzene rings is 1. The number of aliphatic hydroxyl groups is 1. The standard InChI is InChI=1S/C26H37N3O5/c1-16-10-9-11-17(2)20(16)28-23(32)21-26-13-12-25(3,34-26)18(22(31)27-4)19(26)24(33)29(21)14-7-5-6-8-15-30/h9-11,18-19,21,30H,5-8,12-15H2,1-4H3,(H,27,31)(H,28,32)/t18-,19+,21?,25+,26?/m1/s1. The van der Waals surface area contributed by atoms with Crippen molar-refractivity contribution in [3.63, 3.8) is 0 Å². The summed E-state index contributed by atoms with van der Waals surface area (Å²) >= 11 is 0. The van der Waals surface area contributed by atoms with Crippen LogP contribution in [0.5, 0.6) is 0 Å². The Hall–Kier alpha value is -2.45. The van der Waals surface area contributed by atoms with Gasteiger partial charge < -0.3 is 25.4 Å². The second-order valence-electron chi connectivity index (χ2n) is 10.3. The molecule has 2 unspecified atom stereocenters. The molecule has 3 aliphatic heterocycles. The summed E-state index contributed by atoms with van der Waals surface area (Å²) in [4.78, 5) is 42.2. The smallest absolute Gasteiger partial charge is 0.250 e. The van der Waals surface area contributed by atoms with Crippen LogP contribution >= 0.6 is 0 Å². The van der Waals surface area contributed by atoms with E-state index in [4.69, 9.17) is 9.84 Å². The van der Waals surface area contributed by atoms with Gasteiger partial charge in [0.2, 0.25) is 17.7 Å². The molecule has 3 fully saturated rings. The molecule has 0 saturated carbocycles. The minimum Gasteiger partial charge on any atom is -0.396 e. The summed E-state index contributed by atoms with van der Waals surface area (Å²) in [5, 5.41) is 14.9. The fraction of sp³-hybridized carbons (Fsp3) is 0.654. The molecular weight excluding hydrogens is 434 g/mol. The van der Waals surface area contributed by atoms with E-state index in [-0.39, 0.29) is 24.3 Å². The van der Waals surface area contributed by atoms with Crippen molar-refractivity contribution in [2.24, 2.45) is 11.8 Å². The van der Waals surface area contributed by atoms with Gasteiger partial charge in [-0.25, -0.2) is 0 Å². The van der Waals surface area contributed by atoms with Crippen molar-refractivity contribution in [3.8, 4) is 0 Å². The molecule has 3 heterocycles. The number of aryl methyl sites for hydroxylation is 2. The number of hydrogen-bond donors (Lipinski definition) is 3. The van der Waals surface area contributed by atoms with E-state index >= 15 is 0 Å². The molecular formula is C26H37N3O5. The summed E-state index contributed by atoms with van der Waals surface area (Å²) in [5.41, 5.74) is 0.895. The molecule has 0 aliphatic carbocycles. The van der Waals surface area contributed by atoms with E-state index in [1.807, 2.05) is 39.0 Å². The fourth-order valence-corrected chi connectivity index (χ4v) is 6.47. The third-order valence-electron chi connectivity index (χ3n) is 8.09. The molecule has 2 bridgehead atoms. The van der Waals surface area contributed by atoms with Gasteiger partial charge in [0.05, 0.1) is 17.4 Å². The maximum Gasteiger partial charge on any atom is 0.250 e. The molecule has 186 valence electrons. The Morgan fingerprint density at radius 1 is 1.12 bits per heavy atom. The van der Waals surface area contributed by atoms with Crippen molar-refractivity contribution >= 4 is 23.4 Å². The Labute approximate surface area is 201 Å². The molecule has 3 aliphatic rings. The van der Waals surface area contributed by atoms with Crippen LogP contribution in [0.25, 0.3) is 0 Å². The van der Waals surface area contributed by atoms with Crippen LogP contribution in [0.2, 0.25) is 0 Å². The molecule has 34 heavy (non-hydrogen) atoms. The highest BCUT2D eigenvalue weighted by Crippen LogP contribution is 2.63. The number of carbonyl (C=O) groups is 3. The number of nitrogens with one attached hydrogen (secondary N) is 2. The molecule has 1 aromatic rings. The second kappa shape index (κ2) is 9.30. The number of aliphatic hydroxyl groups excluding tert-OH is 1. The molecule has 0 aromatic heterocycles. The number of para-hydroxylation sites is 1. The van der Waals surface area contributed by atoms with E-state index in [2.05, 4.69) is 10.6 Å². The molecule has 1 spiro atoms. The number of anilines is 1. The molecule has 5 atom stereocenters. The molecule has 3 saturated heterocycles. The van der Waals surface area contributed by atoms with Gasteiger partial charge in [-0.2, -0.15) is 0 Å². The first-order chi connectivity index (χ1) is 16.2. The zero-order chi connectivity index (χ0) is 24.7. The number of carbonyl (C=O) groups excluding carboxylic acids is 3. The Kier molecular flexibility index (Phi) is 6.75. The van der Waals surface area contributed by atoms with Gasteiger partial charge in [-0.3, -0.25) is 14.4 Å². The number of likely N-dealkylation sites (tertiary alicyclic amines) is 1. The van der Waals surface area contributed by atoms with Crippen LogP contribution in [0.15, 0.2) is 18.2 Å². The second-order valence-corrected chi connectivity index (χ2v) is 10.3. The monoisotopic (exact) mass is 471 g/mol. The van der Waals surface area contributed by atoms with Gasteiger partial charge in [0.1, 0.15) is 11.6 Å².